The van der Waals surface area contributed by atoms with Crippen molar-refractivity contribution >= 4 is 34.2 Å². The van der Waals surface area contributed by atoms with Gasteiger partial charge in [-0.25, -0.2) is 4.39 Å². The van der Waals surface area contributed by atoms with Crippen molar-refractivity contribution in [3.05, 3.63) is 34.1 Å². The molecule has 0 heterocycles. The van der Waals surface area contributed by atoms with E-state index in [2.05, 4.69) is 21.2 Å². The van der Waals surface area contributed by atoms with E-state index < -0.39 is 5.82 Å². The molecule has 1 aromatic rings. The van der Waals surface area contributed by atoms with Crippen molar-refractivity contribution in [2.75, 3.05) is 13.1 Å². The summed E-state index contributed by atoms with van der Waals surface area (Å²) in [5, 5.41) is 2.64. The zero-order chi connectivity index (χ0) is 12.0. The van der Waals surface area contributed by atoms with Gasteiger partial charge in [-0.15, -0.1) is 12.4 Å². The Morgan fingerprint density at radius 1 is 1.41 bits per heavy atom. The Morgan fingerprint density at radius 2 is 2.12 bits per heavy atom. The lowest BCUT2D eigenvalue weighted by molar-refractivity contribution is 0.0949. The van der Waals surface area contributed by atoms with Crippen molar-refractivity contribution in [2.24, 2.45) is 5.73 Å². The highest BCUT2D eigenvalue weighted by atomic mass is 79.9. The molecule has 0 fully saturated rings. The van der Waals surface area contributed by atoms with Gasteiger partial charge in [-0.2, -0.15) is 0 Å². The first-order valence-corrected chi connectivity index (χ1v) is 5.87. The smallest absolute Gasteiger partial charge is 0.254 e. The van der Waals surface area contributed by atoms with Gasteiger partial charge in [0.25, 0.3) is 5.91 Å². The Hall–Kier alpha value is -0.650. The van der Waals surface area contributed by atoms with Crippen molar-refractivity contribution in [3.63, 3.8) is 0 Å². The van der Waals surface area contributed by atoms with Gasteiger partial charge in [0.05, 0.1) is 5.56 Å². The summed E-state index contributed by atoms with van der Waals surface area (Å²) in [6.07, 6.45) is 1.66. The SMILES string of the molecule is Cl.NCCCCNC(=O)c1ccc(Br)cc1F. The Kier molecular flexibility index (Phi) is 8.12. The highest BCUT2D eigenvalue weighted by Gasteiger charge is 2.10. The third kappa shape index (κ3) is 5.48. The fourth-order valence-electron chi connectivity index (χ4n) is 1.24. The predicted octanol–water partition coefficient (Wildman–Crippen LogP) is 2.48. The molecule has 0 aliphatic carbocycles. The fourth-order valence-corrected chi connectivity index (χ4v) is 1.57. The second-order valence-corrected chi connectivity index (χ2v) is 4.29. The first-order chi connectivity index (χ1) is 7.65. The lowest BCUT2D eigenvalue weighted by Crippen LogP contribution is -2.25. The van der Waals surface area contributed by atoms with E-state index >= 15 is 0 Å². The van der Waals surface area contributed by atoms with Gasteiger partial charge in [0.2, 0.25) is 0 Å². The largest absolute Gasteiger partial charge is 0.352 e. The zero-order valence-corrected chi connectivity index (χ0v) is 11.6. The van der Waals surface area contributed by atoms with E-state index in [0.717, 1.165) is 12.8 Å². The van der Waals surface area contributed by atoms with Crippen molar-refractivity contribution in [2.45, 2.75) is 12.8 Å². The first kappa shape index (κ1) is 16.4. The molecule has 0 aliphatic rings. The molecule has 1 aromatic carbocycles. The highest BCUT2D eigenvalue weighted by molar-refractivity contribution is 9.10. The second kappa shape index (κ2) is 8.44. The molecule has 6 heteroatoms. The van der Waals surface area contributed by atoms with Gasteiger partial charge in [-0.3, -0.25) is 4.79 Å². The van der Waals surface area contributed by atoms with Crippen molar-refractivity contribution in [3.8, 4) is 0 Å². The predicted molar refractivity (Wildman–Crippen MR) is 72.0 cm³/mol. The topological polar surface area (TPSA) is 55.1 Å². The van der Waals surface area contributed by atoms with Crippen LogP contribution in [-0.4, -0.2) is 19.0 Å². The number of carbonyl (C=O) groups excluding carboxylic acids is 1. The molecule has 0 radical (unpaired) electrons. The summed E-state index contributed by atoms with van der Waals surface area (Å²) in [7, 11) is 0. The summed E-state index contributed by atoms with van der Waals surface area (Å²) in [5.74, 6) is -0.910. The van der Waals surface area contributed by atoms with Crippen molar-refractivity contribution < 1.29 is 9.18 Å². The number of amides is 1. The maximum atomic E-state index is 13.4. The number of unbranched alkanes of at least 4 members (excludes halogenated alkanes) is 1. The van der Waals surface area contributed by atoms with Gasteiger partial charge in [0.1, 0.15) is 5.82 Å². The van der Waals surface area contributed by atoms with Gasteiger partial charge >= 0.3 is 0 Å². The maximum absolute atomic E-state index is 13.4. The summed E-state index contributed by atoms with van der Waals surface area (Å²) in [6, 6.07) is 4.37. The number of nitrogens with one attached hydrogen (secondary N) is 1. The molecular formula is C11H15BrClFN2O. The van der Waals surface area contributed by atoms with Crippen LogP contribution in [0.2, 0.25) is 0 Å². The van der Waals surface area contributed by atoms with Gasteiger partial charge in [-0.05, 0) is 37.6 Å². The number of halogens is 3. The molecule has 3 nitrogen and oxygen atoms in total. The van der Waals surface area contributed by atoms with E-state index in [-0.39, 0.29) is 23.9 Å². The molecule has 0 aromatic heterocycles. The molecule has 0 unspecified atom stereocenters. The van der Waals surface area contributed by atoms with Crippen molar-refractivity contribution in [1.29, 1.82) is 0 Å². The van der Waals surface area contributed by atoms with E-state index in [4.69, 9.17) is 5.73 Å². The molecule has 1 rings (SSSR count). The van der Waals surface area contributed by atoms with Crippen molar-refractivity contribution in [1.82, 2.24) is 5.32 Å². The second-order valence-electron chi connectivity index (χ2n) is 3.38. The maximum Gasteiger partial charge on any atom is 0.254 e. The molecule has 0 aliphatic heterocycles. The number of hydrogen-bond donors (Lipinski definition) is 2. The van der Waals surface area contributed by atoms with E-state index in [9.17, 15) is 9.18 Å². The first-order valence-electron chi connectivity index (χ1n) is 5.08. The van der Waals surface area contributed by atoms with E-state index in [1.807, 2.05) is 0 Å². The van der Waals surface area contributed by atoms with Crippen LogP contribution >= 0.6 is 28.3 Å². The number of hydrogen-bond acceptors (Lipinski definition) is 2. The fraction of sp³-hybridized carbons (Fsp3) is 0.364. The average molecular weight is 326 g/mol. The van der Waals surface area contributed by atoms with Gasteiger partial charge in [0.15, 0.2) is 0 Å². The van der Waals surface area contributed by atoms with E-state index in [0.29, 0.717) is 17.6 Å². The normalized spacial score (nSPS) is 9.59. The quantitative estimate of drug-likeness (QED) is 0.817. The molecule has 1 amide bonds. The zero-order valence-electron chi connectivity index (χ0n) is 9.21. The molecule has 0 bridgehead atoms. The van der Waals surface area contributed by atoms with Gasteiger partial charge < -0.3 is 11.1 Å². The minimum atomic E-state index is -0.523. The van der Waals surface area contributed by atoms with Gasteiger partial charge in [0, 0.05) is 11.0 Å². The lowest BCUT2D eigenvalue weighted by atomic mass is 10.2. The molecular weight excluding hydrogens is 310 g/mol. The minimum absolute atomic E-state index is 0. The number of rotatable bonds is 5. The van der Waals surface area contributed by atoms with Crippen LogP contribution in [0.4, 0.5) is 4.39 Å². The standard InChI is InChI=1S/C11H14BrFN2O.ClH/c12-8-3-4-9(10(13)7-8)11(16)15-6-2-1-5-14;/h3-4,7H,1-2,5-6,14H2,(H,15,16);1H. The van der Waals surface area contributed by atoms with E-state index in [1.165, 1.54) is 12.1 Å². The van der Waals surface area contributed by atoms with Crippen LogP contribution in [0, 0.1) is 5.82 Å². The third-order valence-corrected chi connectivity index (χ3v) is 2.59. The van der Waals surface area contributed by atoms with Crippen LogP contribution in [0.5, 0.6) is 0 Å². The van der Waals surface area contributed by atoms with Crippen LogP contribution in [0.3, 0.4) is 0 Å². The van der Waals surface area contributed by atoms with Crippen LogP contribution in [0.15, 0.2) is 22.7 Å². The number of carbonyl (C=O) groups is 1. The Bertz CT molecular complexity index is 376. The molecule has 96 valence electrons. The minimum Gasteiger partial charge on any atom is -0.352 e. The molecule has 0 saturated carbocycles. The average Bonchev–Trinajstić information content (AvgIpc) is 2.24. The summed E-state index contributed by atoms with van der Waals surface area (Å²) in [4.78, 5) is 11.5. The summed E-state index contributed by atoms with van der Waals surface area (Å²) in [5.41, 5.74) is 5.39. The molecule has 17 heavy (non-hydrogen) atoms. The monoisotopic (exact) mass is 324 g/mol. The van der Waals surface area contributed by atoms with Gasteiger partial charge in [-0.1, -0.05) is 15.9 Å². The number of benzene rings is 1. The van der Waals surface area contributed by atoms with Crippen LogP contribution < -0.4 is 11.1 Å². The molecule has 0 spiro atoms. The Labute approximate surface area is 114 Å². The van der Waals surface area contributed by atoms with Crippen LogP contribution in [0.25, 0.3) is 0 Å². The molecule has 0 saturated heterocycles. The summed E-state index contributed by atoms with van der Waals surface area (Å²) >= 11 is 3.13. The summed E-state index contributed by atoms with van der Waals surface area (Å²) in [6.45, 7) is 1.12. The van der Waals surface area contributed by atoms with E-state index in [1.54, 1.807) is 6.07 Å². The van der Waals surface area contributed by atoms with Crippen LogP contribution in [0.1, 0.15) is 23.2 Å². The highest BCUT2D eigenvalue weighted by Crippen LogP contribution is 2.15. The number of nitrogens with two attached hydrogens (primary N) is 1. The Morgan fingerprint density at radius 3 is 2.71 bits per heavy atom. The Balaban J connectivity index is 0.00000256. The molecule has 0 atom stereocenters. The van der Waals surface area contributed by atoms with Crippen LogP contribution in [-0.2, 0) is 0 Å². The lowest BCUT2D eigenvalue weighted by Gasteiger charge is -2.05. The third-order valence-electron chi connectivity index (χ3n) is 2.09. The summed E-state index contributed by atoms with van der Waals surface area (Å²) < 4.78 is 14.0. The molecule has 3 N–H and O–H groups in total.